The fraction of sp³-hybridized carbons (Fsp3) is 0.692. The van der Waals surface area contributed by atoms with Crippen LogP contribution >= 0.6 is 0 Å². The van der Waals surface area contributed by atoms with Crippen molar-refractivity contribution in [2.45, 2.75) is 38.4 Å². The van der Waals surface area contributed by atoms with Crippen molar-refractivity contribution in [3.05, 3.63) is 0 Å². The topological polar surface area (TPSA) is 96.0 Å². The van der Waals surface area contributed by atoms with Gasteiger partial charge >= 0.3 is 23.9 Å². The number of ether oxygens (including phenoxy) is 3. The van der Waals surface area contributed by atoms with Crippen LogP contribution in [0.3, 0.4) is 0 Å². The van der Waals surface area contributed by atoms with Crippen molar-refractivity contribution in [1.82, 2.24) is 0 Å². The molecule has 3 aliphatic rings. The Bertz CT molecular complexity index is 497. The van der Waals surface area contributed by atoms with Crippen LogP contribution in [0.5, 0.6) is 0 Å². The van der Waals surface area contributed by atoms with E-state index in [0.717, 1.165) is 0 Å². The largest absolute Gasteiger partial charge is 0.393 e. The lowest BCUT2D eigenvalue weighted by atomic mass is 9.85. The molecule has 0 saturated carbocycles. The lowest BCUT2D eigenvalue weighted by Gasteiger charge is -2.17. The van der Waals surface area contributed by atoms with Gasteiger partial charge in [0.1, 0.15) is 0 Å². The van der Waals surface area contributed by atoms with E-state index in [1.165, 1.54) is 0 Å². The van der Waals surface area contributed by atoms with Crippen LogP contribution in [-0.4, -0.2) is 36.1 Å². The van der Waals surface area contributed by atoms with E-state index >= 15 is 0 Å². The Morgan fingerprint density at radius 2 is 1.60 bits per heavy atom. The monoisotopic (exact) mass is 282 g/mol. The number of cyclic esters (lactones) is 4. The first kappa shape index (κ1) is 13.2. The molecule has 5 atom stereocenters. The number of hydrogen-bond acceptors (Lipinski definition) is 7. The van der Waals surface area contributed by atoms with Gasteiger partial charge in [0, 0.05) is 0 Å². The lowest BCUT2D eigenvalue weighted by molar-refractivity contribution is -0.160. The third-order valence-corrected chi connectivity index (χ3v) is 4.16. The van der Waals surface area contributed by atoms with E-state index in [4.69, 9.17) is 4.74 Å². The van der Waals surface area contributed by atoms with E-state index in [2.05, 4.69) is 9.47 Å². The molecule has 3 fully saturated rings. The van der Waals surface area contributed by atoms with E-state index < -0.39 is 47.7 Å². The van der Waals surface area contributed by atoms with Gasteiger partial charge in [-0.3, -0.25) is 19.2 Å². The first-order chi connectivity index (χ1) is 9.51. The van der Waals surface area contributed by atoms with Gasteiger partial charge in [-0.25, -0.2) is 0 Å². The molecule has 3 aliphatic heterocycles. The Labute approximate surface area is 114 Å². The zero-order valence-corrected chi connectivity index (χ0v) is 10.9. The van der Waals surface area contributed by atoms with Gasteiger partial charge in [0.2, 0.25) is 0 Å². The van der Waals surface area contributed by atoms with Gasteiger partial charge in [0.15, 0.2) is 0 Å². The van der Waals surface area contributed by atoms with Crippen LogP contribution in [0.1, 0.15) is 26.2 Å². The molecule has 0 N–H and O–H groups in total. The highest BCUT2D eigenvalue weighted by molar-refractivity contribution is 5.98. The Hall–Kier alpha value is -1.76. The first-order valence-corrected chi connectivity index (χ1v) is 6.66. The molecule has 5 unspecified atom stereocenters. The van der Waals surface area contributed by atoms with Gasteiger partial charge in [-0.1, -0.05) is 6.92 Å². The van der Waals surface area contributed by atoms with Gasteiger partial charge < -0.3 is 14.2 Å². The number of hydrogen-bond donors (Lipinski definition) is 0. The molecule has 3 saturated heterocycles. The van der Waals surface area contributed by atoms with Crippen molar-refractivity contribution in [3.63, 3.8) is 0 Å². The Morgan fingerprint density at radius 3 is 2.15 bits per heavy atom. The van der Waals surface area contributed by atoms with Crippen molar-refractivity contribution in [2.24, 2.45) is 17.8 Å². The molecule has 0 aromatic carbocycles. The van der Waals surface area contributed by atoms with Gasteiger partial charge in [-0.05, 0) is 12.8 Å². The average molecular weight is 282 g/mol. The van der Waals surface area contributed by atoms with Crippen LogP contribution in [0.25, 0.3) is 0 Å². The third kappa shape index (κ3) is 1.93. The normalized spacial score (nSPS) is 40.0. The van der Waals surface area contributed by atoms with Gasteiger partial charge in [-0.15, -0.1) is 0 Å². The minimum Gasteiger partial charge on any atom is -0.393 e. The molecule has 0 aromatic heterocycles. The van der Waals surface area contributed by atoms with Gasteiger partial charge in [0.05, 0.1) is 36.4 Å². The minimum absolute atomic E-state index is 0.00410. The fourth-order valence-electron chi connectivity index (χ4n) is 3.22. The molecule has 0 bridgehead atoms. The molecule has 0 aromatic rings. The standard InChI is InChI=1S/C13H14O7/c1-2-6-9-10(13(17)20-12(9)16)7(18-6)3-5-4-8(14)19-11(5)15/h5-7,9-10H,2-4H2,1H3. The molecule has 108 valence electrons. The molecule has 20 heavy (non-hydrogen) atoms. The van der Waals surface area contributed by atoms with Crippen LogP contribution in [0.15, 0.2) is 0 Å². The van der Waals surface area contributed by atoms with Crippen molar-refractivity contribution in [1.29, 1.82) is 0 Å². The first-order valence-electron chi connectivity index (χ1n) is 6.66. The molecule has 0 aliphatic carbocycles. The van der Waals surface area contributed by atoms with E-state index in [-0.39, 0.29) is 18.9 Å². The van der Waals surface area contributed by atoms with Crippen LogP contribution in [0, 0.1) is 17.8 Å². The molecule has 0 amide bonds. The van der Waals surface area contributed by atoms with E-state index in [1.54, 1.807) is 0 Å². The second-order valence-corrected chi connectivity index (χ2v) is 5.34. The summed E-state index contributed by atoms with van der Waals surface area (Å²) in [7, 11) is 0. The summed E-state index contributed by atoms with van der Waals surface area (Å²) in [6, 6.07) is 0. The molecule has 3 heterocycles. The smallest absolute Gasteiger partial charge is 0.320 e. The number of esters is 4. The van der Waals surface area contributed by atoms with Crippen molar-refractivity contribution in [2.75, 3.05) is 0 Å². The summed E-state index contributed by atoms with van der Waals surface area (Å²) in [6.07, 6.45) is -0.182. The third-order valence-electron chi connectivity index (χ3n) is 4.16. The lowest BCUT2D eigenvalue weighted by Crippen LogP contribution is -2.27. The zero-order chi connectivity index (χ0) is 14.4. The molecule has 3 rings (SSSR count). The number of fused-ring (bicyclic) bond motifs is 1. The van der Waals surface area contributed by atoms with Crippen molar-refractivity contribution in [3.8, 4) is 0 Å². The predicted molar refractivity (Wildman–Crippen MR) is 60.9 cm³/mol. The summed E-state index contributed by atoms with van der Waals surface area (Å²) in [6.45, 7) is 1.85. The van der Waals surface area contributed by atoms with Crippen LogP contribution in [-0.2, 0) is 33.4 Å². The van der Waals surface area contributed by atoms with E-state index in [9.17, 15) is 19.2 Å². The highest BCUT2D eigenvalue weighted by Crippen LogP contribution is 2.43. The summed E-state index contributed by atoms with van der Waals surface area (Å²) >= 11 is 0. The molecule has 0 radical (unpaired) electrons. The highest BCUT2D eigenvalue weighted by atomic mass is 16.6. The van der Waals surface area contributed by atoms with Crippen molar-refractivity contribution < 1.29 is 33.4 Å². The minimum atomic E-state index is -0.670. The summed E-state index contributed by atoms with van der Waals surface area (Å²) < 4.78 is 14.9. The number of rotatable bonds is 3. The molecule has 7 heteroatoms. The van der Waals surface area contributed by atoms with E-state index in [1.807, 2.05) is 6.92 Å². The summed E-state index contributed by atoms with van der Waals surface area (Å²) in [4.78, 5) is 46.0. The maximum atomic E-state index is 11.8. The molecule has 0 spiro atoms. The Kier molecular flexibility index (Phi) is 3.08. The molecule has 7 nitrogen and oxygen atoms in total. The van der Waals surface area contributed by atoms with Crippen LogP contribution in [0.2, 0.25) is 0 Å². The maximum Gasteiger partial charge on any atom is 0.320 e. The van der Waals surface area contributed by atoms with E-state index in [0.29, 0.717) is 6.42 Å². The zero-order valence-electron chi connectivity index (χ0n) is 10.9. The predicted octanol–water partition coefficient (Wildman–Crippen LogP) is -0.0406. The van der Waals surface area contributed by atoms with Crippen LogP contribution < -0.4 is 0 Å². The van der Waals surface area contributed by atoms with Gasteiger partial charge in [-0.2, -0.15) is 0 Å². The number of carbonyl (C=O) groups excluding carboxylic acids is 4. The highest BCUT2D eigenvalue weighted by Gasteiger charge is 2.58. The summed E-state index contributed by atoms with van der Waals surface area (Å²) in [5.74, 6) is -4.17. The second-order valence-electron chi connectivity index (χ2n) is 5.34. The fourth-order valence-corrected chi connectivity index (χ4v) is 3.22. The average Bonchev–Trinajstić information content (AvgIpc) is 2.98. The number of carbonyl (C=O) groups is 4. The Morgan fingerprint density at radius 1 is 0.950 bits per heavy atom. The molecular weight excluding hydrogens is 268 g/mol. The second kappa shape index (κ2) is 4.66. The Balaban J connectivity index is 1.77. The summed E-state index contributed by atoms with van der Waals surface area (Å²) in [5, 5.41) is 0. The molecular formula is C13H14O7. The van der Waals surface area contributed by atoms with Crippen LogP contribution in [0.4, 0.5) is 0 Å². The maximum absolute atomic E-state index is 11.8. The SMILES string of the molecule is CCC1OC(CC2CC(=O)OC2=O)C2C(=O)OC(=O)C12. The quantitative estimate of drug-likeness (QED) is 0.529. The van der Waals surface area contributed by atoms with Crippen molar-refractivity contribution >= 4 is 23.9 Å². The summed E-state index contributed by atoms with van der Waals surface area (Å²) in [5.41, 5.74) is 0. The van der Waals surface area contributed by atoms with Gasteiger partial charge in [0.25, 0.3) is 0 Å².